The van der Waals surface area contributed by atoms with E-state index in [1.165, 1.54) is 12.1 Å². The molecule has 1 aromatic rings. The summed E-state index contributed by atoms with van der Waals surface area (Å²) in [7, 11) is 0. The van der Waals surface area contributed by atoms with Crippen molar-refractivity contribution < 1.29 is 29.0 Å². The maximum absolute atomic E-state index is 12.9. The van der Waals surface area contributed by atoms with Gasteiger partial charge in [0.25, 0.3) is 17.8 Å². The maximum atomic E-state index is 12.9. The fraction of sp³-hybridized carbons (Fsp3) is 0.476. The number of nitrogens with zero attached hydrogens (tertiary/aromatic N) is 2. The van der Waals surface area contributed by atoms with E-state index in [2.05, 4.69) is 0 Å². The first-order valence-electron chi connectivity index (χ1n) is 9.43. The molecule has 3 N–H and O–H groups in total. The maximum Gasteiger partial charge on any atom is 0.348 e. The van der Waals surface area contributed by atoms with E-state index in [4.69, 9.17) is 20.4 Å². The number of nitriles is 1. The third-order valence-electron chi connectivity index (χ3n) is 4.09. The molecule has 1 unspecified atom stereocenters. The van der Waals surface area contributed by atoms with Crippen LogP contribution < -0.4 is 5.73 Å². The van der Waals surface area contributed by atoms with Gasteiger partial charge in [-0.25, -0.2) is 9.69 Å². The Balaban J connectivity index is 0.00000103. The number of unbranched alkanes of at least 4 members (excludes halogenated alkanes) is 1. The summed E-state index contributed by atoms with van der Waals surface area (Å²) in [5.74, 6) is -3.06. The van der Waals surface area contributed by atoms with Crippen LogP contribution in [0.15, 0.2) is 24.3 Å². The fourth-order valence-electron chi connectivity index (χ4n) is 2.88. The van der Waals surface area contributed by atoms with E-state index < -0.39 is 34.9 Å². The van der Waals surface area contributed by atoms with Crippen molar-refractivity contribution in [3.8, 4) is 6.07 Å². The molecule has 1 heterocycles. The monoisotopic (exact) mass is 417 g/mol. The molecule has 1 aliphatic rings. The number of ether oxygens (including phenoxy) is 1. The molecular formula is C21H27N3O6. The molecule has 2 rings (SSSR count). The quantitative estimate of drug-likeness (QED) is 0.406. The lowest BCUT2D eigenvalue weighted by Gasteiger charge is -2.34. The third-order valence-corrected chi connectivity index (χ3v) is 4.09. The summed E-state index contributed by atoms with van der Waals surface area (Å²) in [5.41, 5.74) is 2.98. The summed E-state index contributed by atoms with van der Waals surface area (Å²) in [4.78, 5) is 48.3. The second-order valence-corrected chi connectivity index (χ2v) is 7.73. The molecular weight excluding hydrogens is 390 g/mol. The van der Waals surface area contributed by atoms with Crippen molar-refractivity contribution in [2.45, 2.75) is 58.1 Å². The zero-order valence-electron chi connectivity index (χ0n) is 17.6. The van der Waals surface area contributed by atoms with Gasteiger partial charge in [-0.15, -0.1) is 0 Å². The summed E-state index contributed by atoms with van der Waals surface area (Å²) in [6.45, 7) is 6.44. The minimum absolute atomic E-state index is 0.0267. The molecule has 0 fully saturated rings. The summed E-state index contributed by atoms with van der Waals surface area (Å²) in [6.07, 6.45) is 0.924. The van der Waals surface area contributed by atoms with Crippen molar-refractivity contribution in [2.24, 2.45) is 5.73 Å². The van der Waals surface area contributed by atoms with Crippen LogP contribution in [0.25, 0.3) is 0 Å². The highest BCUT2D eigenvalue weighted by Gasteiger charge is 2.55. The topological polar surface area (TPSA) is 151 Å². The number of amides is 2. The molecule has 9 nitrogen and oxygen atoms in total. The molecule has 0 spiro atoms. The van der Waals surface area contributed by atoms with Crippen molar-refractivity contribution in [1.29, 1.82) is 5.26 Å². The number of hydrogen-bond donors (Lipinski definition) is 2. The van der Waals surface area contributed by atoms with E-state index in [0.29, 0.717) is 19.4 Å². The number of aliphatic carboxylic acids is 1. The Labute approximate surface area is 175 Å². The first kappa shape index (κ1) is 24.8. The molecule has 1 atom stereocenters. The number of carbonyl (C=O) groups is 4. The van der Waals surface area contributed by atoms with Crippen LogP contribution in [0.5, 0.6) is 0 Å². The predicted molar refractivity (Wildman–Crippen MR) is 107 cm³/mol. The molecule has 0 aliphatic carbocycles. The summed E-state index contributed by atoms with van der Waals surface area (Å²) in [5, 5.41) is 17.3. The van der Waals surface area contributed by atoms with Crippen LogP contribution in [-0.4, -0.2) is 51.4 Å². The molecule has 0 saturated carbocycles. The first-order chi connectivity index (χ1) is 13.9. The van der Waals surface area contributed by atoms with Gasteiger partial charge in [0, 0.05) is 6.92 Å². The van der Waals surface area contributed by atoms with Crippen LogP contribution in [0, 0.1) is 11.3 Å². The molecule has 0 bridgehead atoms. The largest absolute Gasteiger partial charge is 0.481 e. The van der Waals surface area contributed by atoms with Crippen LogP contribution >= 0.6 is 0 Å². The Bertz CT molecular complexity index is 829. The Kier molecular flexibility index (Phi) is 8.25. The van der Waals surface area contributed by atoms with Crippen molar-refractivity contribution in [2.75, 3.05) is 6.54 Å². The highest BCUT2D eigenvalue weighted by molar-refractivity contribution is 6.23. The van der Waals surface area contributed by atoms with Gasteiger partial charge in [0.15, 0.2) is 0 Å². The zero-order valence-corrected chi connectivity index (χ0v) is 17.6. The van der Waals surface area contributed by atoms with Gasteiger partial charge in [-0.3, -0.25) is 14.4 Å². The van der Waals surface area contributed by atoms with E-state index in [-0.39, 0.29) is 17.5 Å². The Hall–Kier alpha value is -3.25. The summed E-state index contributed by atoms with van der Waals surface area (Å²) >= 11 is 0. The highest BCUT2D eigenvalue weighted by atomic mass is 16.6. The van der Waals surface area contributed by atoms with Crippen molar-refractivity contribution in [3.63, 3.8) is 0 Å². The average Bonchev–Trinajstić information content (AvgIpc) is 2.89. The molecule has 30 heavy (non-hydrogen) atoms. The van der Waals surface area contributed by atoms with Gasteiger partial charge in [0.1, 0.15) is 11.7 Å². The minimum atomic E-state index is -2.02. The molecule has 1 aromatic carbocycles. The lowest BCUT2D eigenvalue weighted by atomic mass is 9.91. The normalized spacial score (nSPS) is 14.7. The second-order valence-electron chi connectivity index (χ2n) is 7.73. The highest BCUT2D eigenvalue weighted by Crippen LogP contribution is 2.34. The number of esters is 1. The number of rotatable bonds is 6. The van der Waals surface area contributed by atoms with Crippen molar-refractivity contribution >= 4 is 23.8 Å². The lowest BCUT2D eigenvalue weighted by Crippen LogP contribution is -2.58. The smallest absolute Gasteiger partial charge is 0.348 e. The van der Waals surface area contributed by atoms with Gasteiger partial charge in [0.2, 0.25) is 5.54 Å². The molecule has 9 heteroatoms. The first-order valence-corrected chi connectivity index (χ1v) is 9.43. The molecule has 1 aliphatic heterocycles. The molecule has 0 saturated heterocycles. The van der Waals surface area contributed by atoms with Gasteiger partial charge < -0.3 is 15.6 Å². The van der Waals surface area contributed by atoms with E-state index in [0.717, 1.165) is 11.8 Å². The van der Waals surface area contributed by atoms with Crippen LogP contribution in [0.1, 0.15) is 67.7 Å². The van der Waals surface area contributed by atoms with Gasteiger partial charge >= 0.3 is 5.97 Å². The predicted octanol–water partition coefficient (Wildman–Crippen LogP) is 2.11. The van der Waals surface area contributed by atoms with E-state index >= 15 is 0 Å². The van der Waals surface area contributed by atoms with E-state index in [9.17, 15) is 19.6 Å². The number of nitrogens with two attached hydrogens (primary N) is 1. The Morgan fingerprint density at radius 2 is 1.60 bits per heavy atom. The summed E-state index contributed by atoms with van der Waals surface area (Å²) in [6, 6.07) is 8.17. The number of carboxylic acid groups (broad SMARTS) is 1. The number of carbonyl (C=O) groups excluding carboxylic acids is 3. The Morgan fingerprint density at radius 1 is 1.13 bits per heavy atom. The van der Waals surface area contributed by atoms with Gasteiger partial charge in [-0.05, 0) is 58.7 Å². The number of fused-ring (bicyclic) bond motifs is 1. The third kappa shape index (κ3) is 5.64. The van der Waals surface area contributed by atoms with Gasteiger partial charge in [0.05, 0.1) is 11.1 Å². The number of hydrogen-bond acceptors (Lipinski definition) is 7. The molecule has 2 amide bonds. The van der Waals surface area contributed by atoms with Crippen molar-refractivity contribution in [1.82, 2.24) is 4.90 Å². The fourth-order valence-corrected chi connectivity index (χ4v) is 2.88. The van der Waals surface area contributed by atoms with E-state index in [1.54, 1.807) is 32.9 Å². The van der Waals surface area contributed by atoms with Crippen LogP contribution in [0.3, 0.4) is 0 Å². The van der Waals surface area contributed by atoms with Crippen molar-refractivity contribution in [3.05, 3.63) is 35.4 Å². The minimum Gasteiger partial charge on any atom is -0.481 e. The standard InChI is InChI=1S/C19H23N3O4.C2H4O2/c1-18(2,3)26-17(25)19(12-21,10-6-7-11-20)22-15(23)13-8-4-5-9-14(13)16(22)24;1-2(3)4/h4-5,8-9H,6-7,10-11,20H2,1-3H3;1H3,(H,3,4). The Morgan fingerprint density at radius 3 is 1.97 bits per heavy atom. The SMILES string of the molecule is CC(=O)O.CC(C)(C)OC(=O)C(C#N)(CCCCN)N1C(=O)c2ccccc2C1=O. The number of benzene rings is 1. The lowest BCUT2D eigenvalue weighted by molar-refractivity contribution is -0.164. The molecule has 0 radical (unpaired) electrons. The number of carboxylic acids is 1. The summed E-state index contributed by atoms with van der Waals surface area (Å²) < 4.78 is 5.39. The van der Waals surface area contributed by atoms with Crippen LogP contribution in [0.4, 0.5) is 0 Å². The van der Waals surface area contributed by atoms with E-state index in [1.807, 2.05) is 6.07 Å². The molecule has 0 aromatic heterocycles. The van der Waals surface area contributed by atoms with Crippen LogP contribution in [-0.2, 0) is 14.3 Å². The van der Waals surface area contributed by atoms with Gasteiger partial charge in [-0.1, -0.05) is 12.1 Å². The second kappa shape index (κ2) is 9.98. The van der Waals surface area contributed by atoms with Crippen LogP contribution in [0.2, 0.25) is 0 Å². The molecule has 162 valence electrons. The number of imide groups is 1. The van der Waals surface area contributed by atoms with Gasteiger partial charge in [-0.2, -0.15) is 5.26 Å². The zero-order chi connectivity index (χ0) is 23.1. The average molecular weight is 417 g/mol.